The van der Waals surface area contributed by atoms with Gasteiger partial charge in [0.2, 0.25) is 5.91 Å². The van der Waals surface area contributed by atoms with Gasteiger partial charge in [-0.05, 0) is 75.5 Å². The first kappa shape index (κ1) is 21.4. The summed E-state index contributed by atoms with van der Waals surface area (Å²) >= 11 is 0. The maximum Gasteiger partial charge on any atom is 0.255 e. The number of hydrogen-bond donors (Lipinski definition) is 2. The quantitative estimate of drug-likeness (QED) is 0.650. The minimum atomic E-state index is -0.207. The topological polar surface area (TPSA) is 70.7 Å². The average molecular weight is 383 g/mol. The largest absolute Gasteiger partial charge is 0.494 e. The minimum absolute atomic E-state index is 0.0646. The molecule has 0 aliphatic rings. The molecule has 2 aromatic carbocycles. The van der Waals surface area contributed by atoms with Crippen molar-refractivity contribution in [2.45, 2.75) is 26.7 Å². The molecule has 0 aliphatic heterocycles. The van der Waals surface area contributed by atoms with E-state index in [0.717, 1.165) is 25.1 Å². The number of nitrogens with one attached hydrogen (secondary N) is 2. The van der Waals surface area contributed by atoms with Crippen molar-refractivity contribution in [2.75, 3.05) is 37.4 Å². The molecule has 0 heterocycles. The van der Waals surface area contributed by atoms with Crippen LogP contribution >= 0.6 is 0 Å². The number of amides is 2. The average Bonchev–Trinajstić information content (AvgIpc) is 2.68. The van der Waals surface area contributed by atoms with Gasteiger partial charge in [-0.1, -0.05) is 13.3 Å². The van der Waals surface area contributed by atoms with Crippen LogP contribution in [0.2, 0.25) is 0 Å². The van der Waals surface area contributed by atoms with Crippen molar-refractivity contribution in [2.24, 2.45) is 0 Å². The van der Waals surface area contributed by atoms with Crippen LogP contribution in [0.1, 0.15) is 37.0 Å². The first-order valence-electron chi connectivity index (χ1n) is 9.64. The molecular weight excluding hydrogens is 354 g/mol. The smallest absolute Gasteiger partial charge is 0.255 e. The van der Waals surface area contributed by atoms with Gasteiger partial charge in [0.05, 0.1) is 13.2 Å². The van der Waals surface area contributed by atoms with E-state index >= 15 is 0 Å². The Morgan fingerprint density at radius 1 is 0.929 bits per heavy atom. The van der Waals surface area contributed by atoms with Gasteiger partial charge in [0.1, 0.15) is 5.75 Å². The third-order valence-electron chi connectivity index (χ3n) is 4.16. The SMILES string of the molecule is CCCCN(C)CC(=O)Nc1ccc(C(=O)Nc2ccc(OCC)cc2)cc1. The van der Waals surface area contributed by atoms with E-state index < -0.39 is 0 Å². The number of ether oxygens (including phenoxy) is 1. The predicted octanol–water partition coefficient (Wildman–Crippen LogP) is 4.01. The molecule has 150 valence electrons. The molecule has 2 rings (SSSR count). The molecule has 6 nitrogen and oxygen atoms in total. The Labute approximate surface area is 166 Å². The molecular formula is C22H29N3O3. The first-order valence-corrected chi connectivity index (χ1v) is 9.64. The Kier molecular flexibility index (Phi) is 8.49. The zero-order valence-corrected chi connectivity index (χ0v) is 16.8. The maximum absolute atomic E-state index is 12.4. The lowest BCUT2D eigenvalue weighted by molar-refractivity contribution is -0.117. The van der Waals surface area contributed by atoms with Gasteiger partial charge in [-0.15, -0.1) is 0 Å². The van der Waals surface area contributed by atoms with E-state index in [1.807, 2.05) is 31.0 Å². The molecule has 0 aliphatic carbocycles. The second-order valence-corrected chi connectivity index (χ2v) is 6.63. The summed E-state index contributed by atoms with van der Waals surface area (Å²) in [6, 6.07) is 14.1. The molecule has 0 radical (unpaired) electrons. The fourth-order valence-electron chi connectivity index (χ4n) is 2.66. The molecule has 0 atom stereocenters. The van der Waals surface area contributed by atoms with Crippen molar-refractivity contribution in [1.29, 1.82) is 0 Å². The molecule has 0 fully saturated rings. The number of nitrogens with zero attached hydrogens (tertiary/aromatic N) is 1. The van der Waals surface area contributed by atoms with Crippen LogP contribution in [0.4, 0.5) is 11.4 Å². The van der Waals surface area contributed by atoms with E-state index in [1.165, 1.54) is 0 Å². The lowest BCUT2D eigenvalue weighted by Crippen LogP contribution is -2.30. The van der Waals surface area contributed by atoms with Crippen molar-refractivity contribution in [3.63, 3.8) is 0 Å². The van der Waals surface area contributed by atoms with Crippen molar-refractivity contribution in [3.8, 4) is 5.75 Å². The van der Waals surface area contributed by atoms with Crippen LogP contribution in [-0.4, -0.2) is 43.5 Å². The lowest BCUT2D eigenvalue weighted by Gasteiger charge is -2.15. The van der Waals surface area contributed by atoms with E-state index in [2.05, 4.69) is 17.6 Å². The standard InChI is InChI=1S/C22H29N3O3/c1-4-6-15-25(3)16-21(26)23-18-9-7-17(8-10-18)22(27)24-19-11-13-20(14-12-19)28-5-2/h7-14H,4-6,15-16H2,1-3H3,(H,23,26)(H,24,27). The number of carbonyl (C=O) groups excluding carboxylic acids is 2. The third-order valence-corrected chi connectivity index (χ3v) is 4.16. The third kappa shape index (κ3) is 7.04. The second kappa shape index (κ2) is 11.1. The minimum Gasteiger partial charge on any atom is -0.494 e. The highest BCUT2D eigenvalue weighted by molar-refractivity contribution is 6.04. The number of anilines is 2. The van der Waals surface area contributed by atoms with E-state index in [4.69, 9.17) is 4.74 Å². The summed E-state index contributed by atoms with van der Waals surface area (Å²) in [6.45, 7) is 5.90. The van der Waals surface area contributed by atoms with E-state index in [-0.39, 0.29) is 11.8 Å². The number of likely N-dealkylation sites (N-methyl/N-ethyl adjacent to an activating group) is 1. The summed E-state index contributed by atoms with van der Waals surface area (Å²) in [6.07, 6.45) is 2.17. The van der Waals surface area contributed by atoms with Crippen LogP contribution in [0.25, 0.3) is 0 Å². The number of benzene rings is 2. The molecule has 0 saturated carbocycles. The predicted molar refractivity (Wildman–Crippen MR) is 113 cm³/mol. The highest BCUT2D eigenvalue weighted by Gasteiger charge is 2.09. The van der Waals surface area contributed by atoms with Crippen LogP contribution in [0.15, 0.2) is 48.5 Å². The van der Waals surface area contributed by atoms with E-state index in [9.17, 15) is 9.59 Å². The van der Waals surface area contributed by atoms with Crippen molar-refractivity contribution >= 4 is 23.2 Å². The normalized spacial score (nSPS) is 10.6. The van der Waals surface area contributed by atoms with Crippen molar-refractivity contribution < 1.29 is 14.3 Å². The van der Waals surface area contributed by atoms with Gasteiger partial charge in [-0.25, -0.2) is 0 Å². The molecule has 0 saturated heterocycles. The Hall–Kier alpha value is -2.86. The summed E-state index contributed by atoms with van der Waals surface area (Å²) in [5.74, 6) is 0.493. The summed E-state index contributed by atoms with van der Waals surface area (Å²) in [5, 5.41) is 5.70. The van der Waals surface area contributed by atoms with Crippen LogP contribution < -0.4 is 15.4 Å². The number of hydrogen-bond acceptors (Lipinski definition) is 4. The van der Waals surface area contributed by atoms with Gasteiger partial charge >= 0.3 is 0 Å². The van der Waals surface area contributed by atoms with Gasteiger partial charge < -0.3 is 15.4 Å². The number of carbonyl (C=O) groups is 2. The molecule has 0 spiro atoms. The molecule has 28 heavy (non-hydrogen) atoms. The van der Waals surface area contributed by atoms with Crippen LogP contribution in [0.3, 0.4) is 0 Å². The Balaban J connectivity index is 1.87. The van der Waals surface area contributed by atoms with Crippen LogP contribution in [0, 0.1) is 0 Å². The lowest BCUT2D eigenvalue weighted by atomic mass is 10.2. The van der Waals surface area contributed by atoms with E-state index in [1.54, 1.807) is 36.4 Å². The number of unbranched alkanes of at least 4 members (excludes halogenated alkanes) is 1. The first-order chi connectivity index (χ1) is 13.5. The Bertz CT molecular complexity index is 758. The molecule has 0 bridgehead atoms. The Morgan fingerprint density at radius 2 is 1.54 bits per heavy atom. The maximum atomic E-state index is 12.4. The summed E-state index contributed by atoms with van der Waals surface area (Å²) in [5.41, 5.74) is 1.89. The Morgan fingerprint density at radius 3 is 2.14 bits per heavy atom. The molecule has 0 unspecified atom stereocenters. The number of rotatable bonds is 10. The molecule has 2 N–H and O–H groups in total. The van der Waals surface area contributed by atoms with Crippen molar-refractivity contribution in [1.82, 2.24) is 4.90 Å². The van der Waals surface area contributed by atoms with E-state index in [0.29, 0.717) is 30.1 Å². The monoisotopic (exact) mass is 383 g/mol. The molecule has 6 heteroatoms. The molecule has 0 aromatic heterocycles. The molecule has 2 amide bonds. The van der Waals surface area contributed by atoms with Gasteiger partial charge in [0.25, 0.3) is 5.91 Å². The van der Waals surface area contributed by atoms with Gasteiger partial charge in [-0.2, -0.15) is 0 Å². The summed E-state index contributed by atoms with van der Waals surface area (Å²) in [7, 11) is 1.93. The highest BCUT2D eigenvalue weighted by atomic mass is 16.5. The summed E-state index contributed by atoms with van der Waals surface area (Å²) < 4.78 is 5.39. The van der Waals surface area contributed by atoms with Crippen LogP contribution in [-0.2, 0) is 4.79 Å². The zero-order valence-electron chi connectivity index (χ0n) is 16.8. The second-order valence-electron chi connectivity index (χ2n) is 6.63. The van der Waals surface area contributed by atoms with Crippen molar-refractivity contribution in [3.05, 3.63) is 54.1 Å². The summed E-state index contributed by atoms with van der Waals surface area (Å²) in [4.78, 5) is 26.4. The van der Waals surface area contributed by atoms with Gasteiger partial charge in [0, 0.05) is 16.9 Å². The van der Waals surface area contributed by atoms with Crippen LogP contribution in [0.5, 0.6) is 5.75 Å². The van der Waals surface area contributed by atoms with Gasteiger partial charge in [0.15, 0.2) is 0 Å². The zero-order chi connectivity index (χ0) is 20.4. The molecule has 2 aromatic rings. The fraction of sp³-hybridized carbons (Fsp3) is 0.364. The van der Waals surface area contributed by atoms with Gasteiger partial charge in [-0.3, -0.25) is 14.5 Å². The fourth-order valence-corrected chi connectivity index (χ4v) is 2.66. The highest BCUT2D eigenvalue weighted by Crippen LogP contribution is 2.17.